The zero-order valence-corrected chi connectivity index (χ0v) is 8.36. The Bertz CT molecular complexity index is 211. The molecule has 2 N–H and O–H groups in total. The monoisotopic (exact) mass is 194 g/mol. The first-order chi connectivity index (χ1) is 5.34. The number of rotatable bonds is 1. The molecule has 1 rings (SSSR count). The molecule has 1 saturated heterocycles. The summed E-state index contributed by atoms with van der Waals surface area (Å²) in [6.07, 6.45) is -0.0578. The molecular weight excluding hydrogens is 179 g/mol. The maximum absolute atomic E-state index is 10.9. The van der Waals surface area contributed by atoms with Gasteiger partial charge in [-0.1, -0.05) is 13.8 Å². The van der Waals surface area contributed by atoms with Gasteiger partial charge in [0.25, 0.3) is 0 Å². The number of hydrogen-bond donors (Lipinski definition) is 2. The molecule has 5 heteroatoms. The molecule has 12 heavy (non-hydrogen) atoms. The summed E-state index contributed by atoms with van der Waals surface area (Å²) in [6, 6.07) is 0. The van der Waals surface area contributed by atoms with Crippen molar-refractivity contribution in [1.82, 2.24) is 0 Å². The second kappa shape index (κ2) is 3.11. The molecule has 0 radical (unpaired) electrons. The van der Waals surface area contributed by atoms with E-state index in [2.05, 4.69) is 0 Å². The molecule has 0 aromatic carbocycles. The predicted octanol–water partition coefficient (Wildman–Crippen LogP) is 1.18. The van der Waals surface area contributed by atoms with Crippen LogP contribution in [0.4, 0.5) is 0 Å². The smallest absolute Gasteiger partial charge is 0.354 e. The van der Waals surface area contributed by atoms with Gasteiger partial charge in [-0.2, -0.15) is 0 Å². The summed E-state index contributed by atoms with van der Waals surface area (Å²) in [7, 11) is -4.07. The molecule has 4 atom stereocenters. The lowest BCUT2D eigenvalue weighted by Crippen LogP contribution is -2.15. The molecule has 0 amide bonds. The van der Waals surface area contributed by atoms with Gasteiger partial charge in [0.05, 0.1) is 6.10 Å². The molecule has 0 aromatic heterocycles. The first-order valence-electron chi connectivity index (χ1n) is 4.04. The quantitative estimate of drug-likeness (QED) is 0.615. The summed E-state index contributed by atoms with van der Waals surface area (Å²) in [5.41, 5.74) is 0. The van der Waals surface area contributed by atoms with E-state index in [1.54, 1.807) is 0 Å². The topological polar surface area (TPSA) is 66.8 Å². The van der Waals surface area contributed by atoms with E-state index in [9.17, 15) is 4.57 Å². The second-order valence-corrected chi connectivity index (χ2v) is 5.23. The SMILES string of the molecule is CC1OC(P(=O)(O)O)C(C)C1C. The minimum Gasteiger partial charge on any atom is -0.362 e. The fraction of sp³-hybridized carbons (Fsp3) is 1.00. The summed E-state index contributed by atoms with van der Waals surface area (Å²) < 4.78 is 16.1. The van der Waals surface area contributed by atoms with Crippen molar-refractivity contribution in [3.05, 3.63) is 0 Å². The summed E-state index contributed by atoms with van der Waals surface area (Å²) in [5, 5.41) is 0. The molecule has 72 valence electrons. The zero-order chi connectivity index (χ0) is 9.52. The third-order valence-corrected chi connectivity index (χ3v) is 3.96. The summed E-state index contributed by atoms with van der Waals surface area (Å²) >= 11 is 0. The van der Waals surface area contributed by atoms with E-state index in [0.29, 0.717) is 0 Å². The van der Waals surface area contributed by atoms with Gasteiger partial charge in [-0.15, -0.1) is 0 Å². The maximum atomic E-state index is 10.9. The van der Waals surface area contributed by atoms with E-state index in [0.717, 1.165) is 0 Å². The highest BCUT2D eigenvalue weighted by Crippen LogP contribution is 2.52. The Morgan fingerprint density at radius 1 is 1.17 bits per heavy atom. The highest BCUT2D eigenvalue weighted by molar-refractivity contribution is 7.52. The van der Waals surface area contributed by atoms with Gasteiger partial charge in [-0.25, -0.2) is 0 Å². The van der Waals surface area contributed by atoms with Crippen LogP contribution in [0.3, 0.4) is 0 Å². The van der Waals surface area contributed by atoms with Gasteiger partial charge >= 0.3 is 7.60 Å². The molecule has 4 nitrogen and oxygen atoms in total. The van der Waals surface area contributed by atoms with E-state index in [1.807, 2.05) is 20.8 Å². The van der Waals surface area contributed by atoms with Gasteiger partial charge in [0.15, 0.2) is 5.85 Å². The van der Waals surface area contributed by atoms with Crippen molar-refractivity contribution in [3.63, 3.8) is 0 Å². The molecule has 4 unspecified atom stereocenters. The average molecular weight is 194 g/mol. The van der Waals surface area contributed by atoms with Gasteiger partial charge in [0.1, 0.15) is 0 Å². The van der Waals surface area contributed by atoms with E-state index in [-0.39, 0.29) is 17.9 Å². The van der Waals surface area contributed by atoms with E-state index in [1.165, 1.54) is 0 Å². The third kappa shape index (κ3) is 1.72. The molecule has 1 aliphatic rings. The Morgan fingerprint density at radius 2 is 1.67 bits per heavy atom. The molecule has 1 fully saturated rings. The summed E-state index contributed by atoms with van der Waals surface area (Å²) in [5.74, 6) is -0.758. The van der Waals surface area contributed by atoms with Crippen LogP contribution in [0.5, 0.6) is 0 Å². The molecule has 0 bridgehead atoms. The predicted molar refractivity (Wildman–Crippen MR) is 44.7 cm³/mol. The van der Waals surface area contributed by atoms with Crippen LogP contribution >= 0.6 is 7.60 Å². The van der Waals surface area contributed by atoms with E-state index >= 15 is 0 Å². The van der Waals surface area contributed by atoms with Crippen molar-refractivity contribution in [3.8, 4) is 0 Å². The fourth-order valence-electron chi connectivity index (χ4n) is 1.54. The Morgan fingerprint density at radius 3 is 1.83 bits per heavy atom. The summed E-state index contributed by atoms with van der Waals surface area (Å²) in [4.78, 5) is 17.8. The highest BCUT2D eigenvalue weighted by Gasteiger charge is 2.45. The van der Waals surface area contributed by atoms with Crippen LogP contribution in [0.25, 0.3) is 0 Å². The van der Waals surface area contributed by atoms with Crippen LogP contribution in [-0.4, -0.2) is 21.7 Å². The van der Waals surface area contributed by atoms with Gasteiger partial charge in [-0.3, -0.25) is 4.57 Å². The molecule has 0 saturated carbocycles. The van der Waals surface area contributed by atoms with Crippen molar-refractivity contribution in [2.24, 2.45) is 11.8 Å². The van der Waals surface area contributed by atoms with Crippen LogP contribution in [0, 0.1) is 11.8 Å². The first kappa shape index (κ1) is 10.2. The molecule has 0 aliphatic carbocycles. The zero-order valence-electron chi connectivity index (χ0n) is 7.47. The lowest BCUT2D eigenvalue weighted by molar-refractivity contribution is 0.0695. The van der Waals surface area contributed by atoms with Crippen molar-refractivity contribution < 1.29 is 19.1 Å². The Labute approximate surface area is 72.1 Å². The molecule has 0 aromatic rings. The van der Waals surface area contributed by atoms with Crippen LogP contribution < -0.4 is 0 Å². The molecule has 1 aliphatic heterocycles. The van der Waals surface area contributed by atoms with Gasteiger partial charge in [-0.05, 0) is 18.8 Å². The molecular formula is C7H15O4P. The van der Waals surface area contributed by atoms with Crippen molar-refractivity contribution >= 4 is 7.60 Å². The molecule has 1 heterocycles. The van der Waals surface area contributed by atoms with E-state index in [4.69, 9.17) is 14.5 Å². The molecule has 0 spiro atoms. The Balaban J connectivity index is 2.78. The highest BCUT2D eigenvalue weighted by atomic mass is 31.2. The fourth-order valence-corrected chi connectivity index (χ4v) is 2.78. The maximum Gasteiger partial charge on any atom is 0.354 e. The van der Waals surface area contributed by atoms with Crippen LogP contribution in [0.1, 0.15) is 20.8 Å². The van der Waals surface area contributed by atoms with Crippen molar-refractivity contribution in [2.75, 3.05) is 0 Å². The first-order valence-corrected chi connectivity index (χ1v) is 5.73. The van der Waals surface area contributed by atoms with E-state index < -0.39 is 13.4 Å². The minimum absolute atomic E-state index is 0.0578. The van der Waals surface area contributed by atoms with Gasteiger partial charge < -0.3 is 14.5 Å². The number of hydrogen-bond acceptors (Lipinski definition) is 2. The Hall–Kier alpha value is 0.110. The second-order valence-electron chi connectivity index (χ2n) is 3.54. The van der Waals surface area contributed by atoms with Crippen molar-refractivity contribution in [2.45, 2.75) is 32.7 Å². The third-order valence-electron chi connectivity index (χ3n) is 2.71. The summed E-state index contributed by atoms with van der Waals surface area (Å²) in [6.45, 7) is 5.61. The number of ether oxygens (including phenoxy) is 1. The van der Waals surface area contributed by atoms with Crippen LogP contribution in [-0.2, 0) is 9.30 Å². The van der Waals surface area contributed by atoms with Crippen LogP contribution in [0.2, 0.25) is 0 Å². The Kier molecular flexibility index (Phi) is 2.64. The lowest BCUT2D eigenvalue weighted by Gasteiger charge is -2.16. The van der Waals surface area contributed by atoms with Gasteiger partial charge in [0.2, 0.25) is 0 Å². The van der Waals surface area contributed by atoms with Crippen molar-refractivity contribution in [1.29, 1.82) is 0 Å². The van der Waals surface area contributed by atoms with Gasteiger partial charge in [0, 0.05) is 0 Å². The minimum atomic E-state index is -4.07. The lowest BCUT2D eigenvalue weighted by atomic mass is 9.95. The largest absolute Gasteiger partial charge is 0.362 e. The van der Waals surface area contributed by atoms with Crippen LogP contribution in [0.15, 0.2) is 0 Å². The normalized spacial score (nSPS) is 43.4. The average Bonchev–Trinajstić information content (AvgIpc) is 2.15. The standard InChI is InChI=1S/C7H15O4P/c1-4-5(2)7(11-6(4)3)12(8,9)10/h4-7H,1-3H3,(H2,8,9,10).